The molecular weight excluding hydrogens is 685 g/mol. The quantitative estimate of drug-likeness (QED) is 0.146. The molecule has 6 N–H and O–H groups in total. The van der Waals surface area contributed by atoms with Gasteiger partial charge in [0.2, 0.25) is 5.91 Å². The van der Waals surface area contributed by atoms with Crippen LogP contribution in [0.2, 0.25) is 5.02 Å². The number of halogens is 2. The fourth-order valence-corrected chi connectivity index (χ4v) is 3.89. The molecule has 3 aromatic rings. The number of benzene rings is 2. The van der Waals surface area contributed by atoms with E-state index in [1.54, 1.807) is 24.3 Å². The molecule has 2 aromatic carbocycles. The van der Waals surface area contributed by atoms with Crippen LogP contribution in [0.25, 0.3) is 10.9 Å². The van der Waals surface area contributed by atoms with Gasteiger partial charge < -0.3 is 45.4 Å². The molecule has 4 rings (SSSR count). The zero-order chi connectivity index (χ0) is 37.2. The summed E-state index contributed by atoms with van der Waals surface area (Å²) in [6, 6.07) is 7.82. The van der Waals surface area contributed by atoms with Gasteiger partial charge >= 0.3 is 23.9 Å². The van der Waals surface area contributed by atoms with Gasteiger partial charge in [0.1, 0.15) is 29.8 Å². The second kappa shape index (κ2) is 20.5. The molecule has 1 atom stereocenters. The van der Waals surface area contributed by atoms with Gasteiger partial charge in [0, 0.05) is 60.5 Å². The third-order valence-electron chi connectivity index (χ3n) is 5.84. The van der Waals surface area contributed by atoms with Crippen LogP contribution in [0.1, 0.15) is 6.42 Å². The SMILES string of the molecule is CN(C)C/C=C/C(=O)Nc1cc2c(Nc3ccc(F)c(Cl)c3)ncnc2cc1O[C@@H]1CCOC1.O=C(O)/C=C\C(=O)O.O=C(O)/C=C\C(=O)O. The molecule has 0 aliphatic carbocycles. The Morgan fingerprint density at radius 3 is 2.10 bits per heavy atom. The normalized spacial score (nSPS) is 13.8. The molecule has 16 nitrogen and oxygen atoms in total. The third kappa shape index (κ3) is 15.3. The van der Waals surface area contributed by atoms with E-state index < -0.39 is 29.7 Å². The van der Waals surface area contributed by atoms with Gasteiger partial charge in [-0.1, -0.05) is 17.7 Å². The molecule has 1 amide bonds. The first kappa shape index (κ1) is 40.3. The first-order valence-electron chi connectivity index (χ1n) is 14.3. The Balaban J connectivity index is 0.000000450. The van der Waals surface area contributed by atoms with Crippen molar-refractivity contribution in [3.63, 3.8) is 0 Å². The second-order valence-corrected chi connectivity index (χ2v) is 10.5. The largest absolute Gasteiger partial charge is 0.486 e. The molecule has 50 heavy (non-hydrogen) atoms. The average Bonchev–Trinajstić information content (AvgIpc) is 3.55. The second-order valence-electron chi connectivity index (χ2n) is 10.1. The number of nitrogens with one attached hydrogen (secondary N) is 2. The summed E-state index contributed by atoms with van der Waals surface area (Å²) < 4.78 is 25.1. The monoisotopic (exact) mass is 717 g/mol. The molecule has 18 heteroatoms. The molecule has 1 saturated heterocycles. The van der Waals surface area contributed by atoms with E-state index in [4.69, 9.17) is 41.5 Å². The standard InChI is InChI=1S/C24H25ClFN5O3.2C4H4O4/c1-31(2)8-3-4-23(32)30-21-11-17-20(12-22(21)34-16-7-9-33-13-16)27-14-28-24(17)29-15-5-6-19(26)18(25)10-15;2*5-3(6)1-2-4(7)8/h3-6,10-12,14,16H,7-9,13H2,1-2H3,(H,30,32)(H,27,28,29);2*1-2H,(H,5,6)(H,7,8)/b4-3+;2*2-1-/t16-;;/m1../s1. The number of aliphatic carboxylic acids is 4. The van der Waals surface area contributed by atoms with Gasteiger partial charge in [0.25, 0.3) is 0 Å². The molecule has 2 heterocycles. The number of fused-ring (bicyclic) bond motifs is 1. The molecule has 0 radical (unpaired) electrons. The van der Waals surface area contributed by atoms with Crippen LogP contribution in [0.15, 0.2) is 73.1 Å². The van der Waals surface area contributed by atoms with Crippen molar-refractivity contribution in [3.8, 4) is 5.75 Å². The maximum absolute atomic E-state index is 13.6. The van der Waals surface area contributed by atoms with Crippen molar-refractivity contribution in [3.05, 3.63) is 84.0 Å². The number of aromatic nitrogens is 2. The summed E-state index contributed by atoms with van der Waals surface area (Å²) in [5.74, 6) is -4.86. The first-order valence-corrected chi connectivity index (χ1v) is 14.7. The van der Waals surface area contributed by atoms with Gasteiger partial charge in [0.05, 0.1) is 29.4 Å². The van der Waals surface area contributed by atoms with Crippen LogP contribution in [-0.4, -0.2) is 105 Å². The number of hydrogen-bond donors (Lipinski definition) is 6. The lowest BCUT2D eigenvalue weighted by molar-refractivity contribution is -0.134. The maximum Gasteiger partial charge on any atom is 0.328 e. The number of ether oxygens (including phenoxy) is 2. The summed E-state index contributed by atoms with van der Waals surface area (Å²) in [5.41, 5.74) is 1.65. The van der Waals surface area contributed by atoms with Gasteiger partial charge in [-0.3, -0.25) is 4.79 Å². The van der Waals surface area contributed by atoms with Crippen LogP contribution >= 0.6 is 11.6 Å². The van der Waals surface area contributed by atoms with Crippen molar-refractivity contribution in [1.82, 2.24) is 14.9 Å². The number of carboxylic acid groups (broad SMARTS) is 4. The van der Waals surface area contributed by atoms with Crippen LogP contribution in [-0.2, 0) is 28.7 Å². The molecule has 1 aliphatic rings. The van der Waals surface area contributed by atoms with Gasteiger partial charge in [0.15, 0.2) is 0 Å². The van der Waals surface area contributed by atoms with Crippen LogP contribution < -0.4 is 15.4 Å². The van der Waals surface area contributed by atoms with E-state index in [-0.39, 0.29) is 17.0 Å². The molecule has 0 saturated carbocycles. The summed E-state index contributed by atoms with van der Waals surface area (Å²) >= 11 is 5.91. The molecule has 0 unspecified atom stereocenters. The summed E-state index contributed by atoms with van der Waals surface area (Å²) in [5, 5.41) is 37.9. The third-order valence-corrected chi connectivity index (χ3v) is 6.12. The Hall–Kier alpha value is -5.91. The van der Waals surface area contributed by atoms with Gasteiger partial charge in [-0.2, -0.15) is 0 Å². The lowest BCUT2D eigenvalue weighted by Gasteiger charge is -2.17. The number of hydrogen-bond acceptors (Lipinski definition) is 11. The highest BCUT2D eigenvalue weighted by atomic mass is 35.5. The lowest BCUT2D eigenvalue weighted by Crippen LogP contribution is -2.18. The number of rotatable bonds is 12. The fourth-order valence-electron chi connectivity index (χ4n) is 3.70. The molecule has 0 spiro atoms. The van der Waals surface area contributed by atoms with Crippen LogP contribution in [0, 0.1) is 5.82 Å². The van der Waals surface area contributed by atoms with Crippen molar-refractivity contribution in [2.75, 3.05) is 44.5 Å². The highest BCUT2D eigenvalue weighted by molar-refractivity contribution is 6.31. The number of anilines is 3. The Bertz CT molecular complexity index is 1710. The minimum absolute atomic E-state index is 0.00436. The van der Waals surface area contributed by atoms with Crippen molar-refractivity contribution in [2.24, 2.45) is 0 Å². The van der Waals surface area contributed by atoms with Crippen LogP contribution in [0.3, 0.4) is 0 Å². The summed E-state index contributed by atoms with van der Waals surface area (Å²) in [6.07, 6.45) is 7.55. The summed E-state index contributed by atoms with van der Waals surface area (Å²) in [4.78, 5) is 61.4. The molecule has 1 aromatic heterocycles. The van der Waals surface area contributed by atoms with Crippen LogP contribution in [0.4, 0.5) is 21.6 Å². The molecule has 1 fully saturated rings. The van der Waals surface area contributed by atoms with Gasteiger partial charge in [-0.15, -0.1) is 0 Å². The maximum atomic E-state index is 13.6. The van der Waals surface area contributed by atoms with E-state index in [9.17, 15) is 28.4 Å². The van der Waals surface area contributed by atoms with E-state index in [1.807, 2.05) is 19.0 Å². The number of carbonyl (C=O) groups is 5. The van der Waals surface area contributed by atoms with Crippen molar-refractivity contribution >= 4 is 69.5 Å². The zero-order valence-electron chi connectivity index (χ0n) is 26.6. The number of carboxylic acids is 4. The Morgan fingerprint density at radius 1 is 0.960 bits per heavy atom. The first-order chi connectivity index (χ1) is 23.6. The van der Waals surface area contributed by atoms with E-state index >= 15 is 0 Å². The number of amides is 1. The van der Waals surface area contributed by atoms with E-state index in [0.29, 0.717) is 77.9 Å². The number of carbonyl (C=O) groups excluding carboxylic acids is 1. The topological polar surface area (TPSA) is 238 Å². The predicted octanol–water partition coefficient (Wildman–Crippen LogP) is 3.81. The van der Waals surface area contributed by atoms with Crippen molar-refractivity contribution in [1.29, 1.82) is 0 Å². The predicted molar refractivity (Wildman–Crippen MR) is 179 cm³/mol. The van der Waals surface area contributed by atoms with E-state index in [1.165, 1.54) is 24.5 Å². The number of nitrogens with zero attached hydrogens (tertiary/aromatic N) is 3. The Morgan fingerprint density at radius 2 is 1.58 bits per heavy atom. The summed E-state index contributed by atoms with van der Waals surface area (Å²) in [7, 11) is 3.84. The number of likely N-dealkylation sites (N-methyl/N-ethyl adjacent to an activating group) is 1. The van der Waals surface area contributed by atoms with Gasteiger partial charge in [-0.25, -0.2) is 33.5 Å². The Labute approximate surface area is 289 Å². The van der Waals surface area contributed by atoms with E-state index in [2.05, 4.69) is 20.6 Å². The summed E-state index contributed by atoms with van der Waals surface area (Å²) in [6.45, 7) is 1.75. The molecule has 266 valence electrons. The highest BCUT2D eigenvalue weighted by Gasteiger charge is 2.21. The fraction of sp³-hybridized carbons (Fsp3) is 0.219. The molecule has 0 bridgehead atoms. The lowest BCUT2D eigenvalue weighted by atomic mass is 10.1. The minimum atomic E-state index is -1.26. The average molecular weight is 718 g/mol. The van der Waals surface area contributed by atoms with Crippen molar-refractivity contribution in [2.45, 2.75) is 12.5 Å². The zero-order valence-corrected chi connectivity index (χ0v) is 27.3. The smallest absolute Gasteiger partial charge is 0.328 e. The molecule has 1 aliphatic heterocycles. The van der Waals surface area contributed by atoms with E-state index in [0.717, 1.165) is 6.42 Å². The van der Waals surface area contributed by atoms with Gasteiger partial charge in [-0.05, 0) is 38.4 Å². The van der Waals surface area contributed by atoms with Crippen LogP contribution in [0.5, 0.6) is 5.75 Å². The Kier molecular flexibility index (Phi) is 16.5. The van der Waals surface area contributed by atoms with Crippen molar-refractivity contribution < 1.29 is 58.3 Å². The molecular formula is C32H33ClFN5O11. The highest BCUT2D eigenvalue weighted by Crippen LogP contribution is 2.35. The minimum Gasteiger partial charge on any atom is -0.486 e.